The SMILES string of the molecule is CSC(CC1CC1)=NCCO[C@H](COC(C)=O)[C@@H](OC(C)=O)[C@@H](C)OC(C)=O. The molecule has 0 radical (unpaired) electrons. The van der Waals surface area contributed by atoms with E-state index < -0.39 is 36.2 Å². The molecule has 1 aliphatic rings. The molecule has 3 atom stereocenters. The zero-order valence-electron chi connectivity index (χ0n) is 17.3. The van der Waals surface area contributed by atoms with Crippen LogP contribution in [0.2, 0.25) is 0 Å². The largest absolute Gasteiger partial charge is 0.463 e. The molecule has 0 aromatic rings. The Kier molecular flexibility index (Phi) is 11.1. The topological polar surface area (TPSA) is 100 Å². The third-order valence-corrected chi connectivity index (χ3v) is 4.81. The van der Waals surface area contributed by atoms with Crippen LogP contribution in [0, 0.1) is 5.92 Å². The third-order valence-electron chi connectivity index (χ3n) is 4.04. The van der Waals surface area contributed by atoms with Crippen LogP contribution in [0.3, 0.4) is 0 Å². The van der Waals surface area contributed by atoms with Crippen molar-refractivity contribution in [2.75, 3.05) is 26.0 Å². The Hall–Kier alpha value is -1.61. The Labute approximate surface area is 170 Å². The molecule has 0 bridgehead atoms. The van der Waals surface area contributed by atoms with Gasteiger partial charge in [-0.1, -0.05) is 0 Å². The second kappa shape index (κ2) is 12.8. The van der Waals surface area contributed by atoms with Crippen LogP contribution in [0.25, 0.3) is 0 Å². The van der Waals surface area contributed by atoms with Crippen LogP contribution < -0.4 is 0 Å². The summed E-state index contributed by atoms with van der Waals surface area (Å²) in [5, 5.41) is 1.09. The fraction of sp³-hybridized carbons (Fsp3) is 0.789. The first-order chi connectivity index (χ1) is 13.2. The summed E-state index contributed by atoms with van der Waals surface area (Å²) >= 11 is 1.64. The molecular formula is C19H31NO7S. The standard InChI is InChI=1S/C19H31NO7S/c1-12(26-14(3)22)19(27-15(4)23)17(11-25-13(2)21)24-9-8-20-18(28-5)10-16-6-7-16/h12,16-17,19H,6-11H2,1-5H3/t12-,17-,19+/m1/s1. The van der Waals surface area contributed by atoms with Crippen molar-refractivity contribution >= 4 is 34.7 Å². The Bertz CT molecular complexity index is 562. The lowest BCUT2D eigenvalue weighted by atomic mass is 10.1. The maximum atomic E-state index is 11.5. The molecule has 0 amide bonds. The number of carbonyl (C=O) groups excluding carboxylic acids is 3. The van der Waals surface area contributed by atoms with Crippen molar-refractivity contribution in [1.82, 2.24) is 0 Å². The number of esters is 3. The van der Waals surface area contributed by atoms with E-state index in [2.05, 4.69) is 4.99 Å². The summed E-state index contributed by atoms with van der Waals surface area (Å²) < 4.78 is 21.3. The number of ether oxygens (including phenoxy) is 4. The van der Waals surface area contributed by atoms with Crippen molar-refractivity contribution in [3.05, 3.63) is 0 Å². The van der Waals surface area contributed by atoms with E-state index in [9.17, 15) is 14.4 Å². The van der Waals surface area contributed by atoms with Gasteiger partial charge in [-0.15, -0.1) is 11.8 Å². The van der Waals surface area contributed by atoms with Crippen molar-refractivity contribution in [2.45, 2.75) is 65.3 Å². The molecule has 9 heteroatoms. The van der Waals surface area contributed by atoms with Crippen LogP contribution >= 0.6 is 11.8 Å². The van der Waals surface area contributed by atoms with Gasteiger partial charge in [0.2, 0.25) is 0 Å². The Morgan fingerprint density at radius 1 is 1.07 bits per heavy atom. The number of thioether (sulfide) groups is 1. The van der Waals surface area contributed by atoms with E-state index in [4.69, 9.17) is 18.9 Å². The van der Waals surface area contributed by atoms with E-state index in [1.807, 2.05) is 6.26 Å². The fourth-order valence-corrected chi connectivity index (χ4v) is 3.21. The minimum atomic E-state index is -0.906. The summed E-state index contributed by atoms with van der Waals surface area (Å²) in [5.41, 5.74) is 0. The second-order valence-corrected chi connectivity index (χ2v) is 7.61. The van der Waals surface area contributed by atoms with Gasteiger partial charge in [0, 0.05) is 20.8 Å². The second-order valence-electron chi connectivity index (χ2n) is 6.73. The molecule has 1 aliphatic carbocycles. The van der Waals surface area contributed by atoms with Gasteiger partial charge in [0.15, 0.2) is 6.10 Å². The molecule has 0 aromatic carbocycles. The number of hydrogen-bond acceptors (Lipinski definition) is 9. The van der Waals surface area contributed by atoms with E-state index in [1.165, 1.54) is 33.6 Å². The highest BCUT2D eigenvalue weighted by atomic mass is 32.2. The van der Waals surface area contributed by atoms with Crippen LogP contribution in [0.15, 0.2) is 4.99 Å². The van der Waals surface area contributed by atoms with Crippen LogP contribution in [-0.4, -0.2) is 67.3 Å². The highest BCUT2D eigenvalue weighted by Gasteiger charge is 2.33. The lowest BCUT2D eigenvalue weighted by Gasteiger charge is -2.30. The first-order valence-corrected chi connectivity index (χ1v) is 10.6. The maximum Gasteiger partial charge on any atom is 0.303 e. The van der Waals surface area contributed by atoms with Crippen LogP contribution in [0.1, 0.15) is 47.0 Å². The molecule has 0 saturated heterocycles. The van der Waals surface area contributed by atoms with Crippen molar-refractivity contribution < 1.29 is 33.3 Å². The lowest BCUT2D eigenvalue weighted by molar-refractivity contribution is -0.182. The van der Waals surface area contributed by atoms with Gasteiger partial charge in [0.05, 0.1) is 18.2 Å². The quantitative estimate of drug-likeness (QED) is 0.157. The molecule has 0 N–H and O–H groups in total. The molecule has 1 rings (SSSR count). The summed E-state index contributed by atoms with van der Waals surface area (Å²) in [6.45, 7) is 5.96. The number of carbonyl (C=O) groups is 3. The van der Waals surface area contributed by atoms with Crippen LogP contribution in [0.4, 0.5) is 0 Å². The molecule has 0 heterocycles. The highest BCUT2D eigenvalue weighted by molar-refractivity contribution is 8.13. The lowest BCUT2D eigenvalue weighted by Crippen LogP contribution is -2.45. The van der Waals surface area contributed by atoms with Gasteiger partial charge >= 0.3 is 17.9 Å². The number of hydrogen-bond donors (Lipinski definition) is 0. The average Bonchev–Trinajstić information content (AvgIpc) is 3.41. The molecule has 0 aliphatic heterocycles. The Morgan fingerprint density at radius 2 is 1.71 bits per heavy atom. The molecule has 1 saturated carbocycles. The smallest absolute Gasteiger partial charge is 0.303 e. The zero-order valence-corrected chi connectivity index (χ0v) is 18.1. The molecule has 8 nitrogen and oxygen atoms in total. The monoisotopic (exact) mass is 417 g/mol. The fourth-order valence-electron chi connectivity index (χ4n) is 2.59. The molecule has 1 fully saturated rings. The van der Waals surface area contributed by atoms with E-state index in [0.29, 0.717) is 6.54 Å². The van der Waals surface area contributed by atoms with Crippen molar-refractivity contribution in [2.24, 2.45) is 10.9 Å². The van der Waals surface area contributed by atoms with E-state index in [-0.39, 0.29) is 13.2 Å². The van der Waals surface area contributed by atoms with E-state index in [1.54, 1.807) is 18.7 Å². The highest BCUT2D eigenvalue weighted by Crippen LogP contribution is 2.34. The third kappa shape index (κ3) is 10.7. The van der Waals surface area contributed by atoms with Gasteiger partial charge < -0.3 is 18.9 Å². The summed E-state index contributed by atoms with van der Waals surface area (Å²) in [6, 6.07) is 0. The van der Waals surface area contributed by atoms with Gasteiger partial charge in [-0.3, -0.25) is 19.4 Å². The van der Waals surface area contributed by atoms with Crippen molar-refractivity contribution in [3.8, 4) is 0 Å². The minimum absolute atomic E-state index is 0.125. The summed E-state index contributed by atoms with van der Waals surface area (Å²) in [7, 11) is 0. The predicted molar refractivity (Wildman–Crippen MR) is 106 cm³/mol. The number of rotatable bonds is 12. The average molecular weight is 418 g/mol. The van der Waals surface area contributed by atoms with Gasteiger partial charge in [0.25, 0.3) is 0 Å². The van der Waals surface area contributed by atoms with Gasteiger partial charge in [0.1, 0.15) is 18.8 Å². The first-order valence-electron chi connectivity index (χ1n) is 9.39. The minimum Gasteiger partial charge on any atom is -0.463 e. The zero-order chi connectivity index (χ0) is 21.1. The van der Waals surface area contributed by atoms with Gasteiger partial charge in [-0.2, -0.15) is 0 Å². The normalized spacial score (nSPS) is 17.4. The maximum absolute atomic E-state index is 11.5. The van der Waals surface area contributed by atoms with E-state index >= 15 is 0 Å². The summed E-state index contributed by atoms with van der Waals surface area (Å²) in [4.78, 5) is 38.6. The summed E-state index contributed by atoms with van der Waals surface area (Å²) in [5.74, 6) is -0.790. The van der Waals surface area contributed by atoms with E-state index in [0.717, 1.165) is 17.4 Å². The molecule has 160 valence electrons. The predicted octanol–water partition coefficient (Wildman–Crippen LogP) is 2.38. The number of nitrogens with zero attached hydrogens (tertiary/aromatic N) is 1. The molecule has 28 heavy (non-hydrogen) atoms. The molecule has 0 spiro atoms. The van der Waals surface area contributed by atoms with Crippen LogP contribution in [-0.2, 0) is 33.3 Å². The molecular weight excluding hydrogens is 386 g/mol. The van der Waals surface area contributed by atoms with Gasteiger partial charge in [-0.05, 0) is 38.4 Å². The number of aliphatic imine (C=N–C) groups is 1. The molecule has 0 unspecified atom stereocenters. The van der Waals surface area contributed by atoms with Crippen molar-refractivity contribution in [3.63, 3.8) is 0 Å². The van der Waals surface area contributed by atoms with Crippen LogP contribution in [0.5, 0.6) is 0 Å². The summed E-state index contributed by atoms with van der Waals surface area (Å²) in [6.07, 6.45) is 3.08. The Morgan fingerprint density at radius 3 is 2.21 bits per heavy atom. The van der Waals surface area contributed by atoms with Gasteiger partial charge in [-0.25, -0.2) is 0 Å². The first kappa shape index (κ1) is 24.4. The molecule has 0 aromatic heterocycles. The van der Waals surface area contributed by atoms with Crippen molar-refractivity contribution in [1.29, 1.82) is 0 Å². The Balaban J connectivity index is 2.72.